The van der Waals surface area contributed by atoms with Crippen molar-refractivity contribution in [3.05, 3.63) is 34.3 Å². The van der Waals surface area contributed by atoms with Crippen molar-refractivity contribution >= 4 is 21.8 Å². The highest BCUT2D eigenvalue weighted by molar-refractivity contribution is 9.10. The molecule has 0 aliphatic carbocycles. The van der Waals surface area contributed by atoms with Gasteiger partial charge in [0.15, 0.2) is 0 Å². The van der Waals surface area contributed by atoms with E-state index in [1.54, 1.807) is 0 Å². The summed E-state index contributed by atoms with van der Waals surface area (Å²) in [6.45, 7) is 5.77. The Balaban J connectivity index is 2.65. The van der Waals surface area contributed by atoms with E-state index >= 15 is 0 Å². The van der Waals surface area contributed by atoms with Crippen molar-refractivity contribution in [3.8, 4) is 0 Å². The molecule has 0 bridgehead atoms. The maximum Gasteiger partial charge on any atom is 0.223 e. The average molecular weight is 270 g/mol. The van der Waals surface area contributed by atoms with Crippen LogP contribution < -0.4 is 5.32 Å². The number of rotatable bonds is 3. The number of amides is 1. The van der Waals surface area contributed by atoms with E-state index in [4.69, 9.17) is 0 Å². The first-order valence-electron chi connectivity index (χ1n) is 5.06. The zero-order chi connectivity index (χ0) is 11.4. The van der Waals surface area contributed by atoms with E-state index in [0.717, 1.165) is 10.0 Å². The van der Waals surface area contributed by atoms with Gasteiger partial charge in [0.25, 0.3) is 0 Å². The second-order valence-corrected chi connectivity index (χ2v) is 4.85. The Bertz CT molecular complexity index is 332. The van der Waals surface area contributed by atoms with Crippen LogP contribution in [0, 0.1) is 5.92 Å². The van der Waals surface area contributed by atoms with E-state index in [1.807, 2.05) is 45.0 Å². The van der Waals surface area contributed by atoms with Crippen LogP contribution in [0.3, 0.4) is 0 Å². The molecule has 1 aromatic rings. The number of hydrogen-bond donors (Lipinski definition) is 1. The van der Waals surface area contributed by atoms with E-state index < -0.39 is 0 Å². The van der Waals surface area contributed by atoms with E-state index in [2.05, 4.69) is 21.2 Å². The van der Waals surface area contributed by atoms with Gasteiger partial charge in [-0.3, -0.25) is 4.79 Å². The minimum Gasteiger partial charge on any atom is -0.349 e. The van der Waals surface area contributed by atoms with E-state index in [1.165, 1.54) is 0 Å². The maximum atomic E-state index is 11.5. The topological polar surface area (TPSA) is 29.1 Å². The summed E-state index contributed by atoms with van der Waals surface area (Å²) >= 11 is 3.38. The molecule has 0 fully saturated rings. The molecule has 1 amide bonds. The molecule has 0 saturated heterocycles. The van der Waals surface area contributed by atoms with Crippen LogP contribution in [0.4, 0.5) is 0 Å². The summed E-state index contributed by atoms with van der Waals surface area (Å²) < 4.78 is 1.05. The molecular weight excluding hydrogens is 254 g/mol. The predicted octanol–water partition coefficient (Wildman–Crippen LogP) is 3.28. The fraction of sp³-hybridized carbons (Fsp3) is 0.417. The molecule has 0 aliphatic rings. The fourth-order valence-corrected chi connectivity index (χ4v) is 1.48. The molecule has 15 heavy (non-hydrogen) atoms. The summed E-state index contributed by atoms with van der Waals surface area (Å²) in [4.78, 5) is 11.5. The molecule has 82 valence electrons. The summed E-state index contributed by atoms with van der Waals surface area (Å²) in [6.07, 6.45) is 0. The Labute approximate surface area is 99.2 Å². The SMILES string of the molecule is CC(C)C(=O)N[C@H](C)c1ccc(Br)cc1. The minimum absolute atomic E-state index is 0.0305. The highest BCUT2D eigenvalue weighted by Crippen LogP contribution is 2.16. The molecule has 1 rings (SSSR count). The first-order valence-corrected chi connectivity index (χ1v) is 5.86. The van der Waals surface area contributed by atoms with E-state index in [0.29, 0.717) is 0 Å². The number of carbonyl (C=O) groups excluding carboxylic acids is 1. The average Bonchev–Trinajstić information content (AvgIpc) is 2.18. The Kier molecular flexibility index (Phi) is 4.33. The third-order valence-electron chi connectivity index (χ3n) is 2.25. The predicted molar refractivity (Wildman–Crippen MR) is 65.5 cm³/mol. The van der Waals surface area contributed by atoms with Gasteiger partial charge in [0, 0.05) is 10.4 Å². The van der Waals surface area contributed by atoms with Crippen LogP contribution in [0.2, 0.25) is 0 Å². The zero-order valence-corrected chi connectivity index (χ0v) is 10.8. The highest BCUT2D eigenvalue weighted by atomic mass is 79.9. The molecule has 0 radical (unpaired) electrons. The molecule has 2 nitrogen and oxygen atoms in total. The smallest absolute Gasteiger partial charge is 0.223 e. The standard InChI is InChI=1S/C12H16BrNO/c1-8(2)12(15)14-9(3)10-4-6-11(13)7-5-10/h4-9H,1-3H3,(H,14,15)/t9-/m1/s1. The molecule has 1 N–H and O–H groups in total. The van der Waals surface area contributed by atoms with Crippen molar-refractivity contribution in [1.82, 2.24) is 5.32 Å². The first kappa shape index (κ1) is 12.2. The monoisotopic (exact) mass is 269 g/mol. The van der Waals surface area contributed by atoms with Gasteiger partial charge in [0.2, 0.25) is 5.91 Å². The second kappa shape index (κ2) is 5.31. The normalized spacial score (nSPS) is 12.6. The lowest BCUT2D eigenvalue weighted by Crippen LogP contribution is -2.30. The largest absolute Gasteiger partial charge is 0.349 e. The maximum absolute atomic E-state index is 11.5. The van der Waals surface area contributed by atoms with Crippen molar-refractivity contribution in [2.24, 2.45) is 5.92 Å². The van der Waals surface area contributed by atoms with Gasteiger partial charge in [-0.25, -0.2) is 0 Å². The molecule has 0 unspecified atom stereocenters. The van der Waals surface area contributed by atoms with Crippen LogP contribution in [0.25, 0.3) is 0 Å². The summed E-state index contributed by atoms with van der Waals surface area (Å²) in [6, 6.07) is 8.04. The molecular formula is C12H16BrNO. The Morgan fingerprint density at radius 1 is 1.20 bits per heavy atom. The van der Waals surface area contributed by atoms with Gasteiger partial charge in [-0.1, -0.05) is 41.9 Å². The number of halogens is 1. The molecule has 0 spiro atoms. The number of nitrogens with one attached hydrogen (secondary N) is 1. The summed E-state index contributed by atoms with van der Waals surface area (Å²) in [5.41, 5.74) is 1.12. The van der Waals surface area contributed by atoms with Gasteiger partial charge in [-0.05, 0) is 24.6 Å². The van der Waals surface area contributed by atoms with Crippen molar-refractivity contribution in [2.45, 2.75) is 26.8 Å². The van der Waals surface area contributed by atoms with Gasteiger partial charge in [-0.2, -0.15) is 0 Å². The molecule has 0 heterocycles. The van der Waals surface area contributed by atoms with Crippen molar-refractivity contribution in [2.75, 3.05) is 0 Å². The third-order valence-corrected chi connectivity index (χ3v) is 2.78. The van der Waals surface area contributed by atoms with Gasteiger partial charge < -0.3 is 5.32 Å². The molecule has 0 aliphatic heterocycles. The molecule has 1 aromatic carbocycles. The van der Waals surface area contributed by atoms with Crippen LogP contribution in [0.15, 0.2) is 28.7 Å². The minimum atomic E-state index is 0.0305. The quantitative estimate of drug-likeness (QED) is 0.897. The molecule has 1 atom stereocenters. The Hall–Kier alpha value is -0.830. The lowest BCUT2D eigenvalue weighted by atomic mass is 10.1. The van der Waals surface area contributed by atoms with Crippen LogP contribution in [-0.4, -0.2) is 5.91 Å². The van der Waals surface area contributed by atoms with Gasteiger partial charge in [0.1, 0.15) is 0 Å². The first-order chi connectivity index (χ1) is 7.00. The summed E-state index contributed by atoms with van der Waals surface area (Å²) in [7, 11) is 0. The van der Waals surface area contributed by atoms with E-state index in [-0.39, 0.29) is 17.9 Å². The van der Waals surface area contributed by atoms with Gasteiger partial charge in [-0.15, -0.1) is 0 Å². The van der Waals surface area contributed by atoms with Gasteiger partial charge in [0.05, 0.1) is 6.04 Å². The molecule has 3 heteroatoms. The Morgan fingerprint density at radius 3 is 2.20 bits per heavy atom. The van der Waals surface area contributed by atoms with Crippen molar-refractivity contribution in [3.63, 3.8) is 0 Å². The molecule has 0 aromatic heterocycles. The summed E-state index contributed by atoms with van der Waals surface area (Å²) in [5.74, 6) is 0.119. The lowest BCUT2D eigenvalue weighted by Gasteiger charge is -2.15. The van der Waals surface area contributed by atoms with Crippen molar-refractivity contribution < 1.29 is 4.79 Å². The number of carbonyl (C=O) groups is 1. The third kappa shape index (κ3) is 3.67. The molecule has 0 saturated carbocycles. The van der Waals surface area contributed by atoms with E-state index in [9.17, 15) is 4.79 Å². The number of hydrogen-bond acceptors (Lipinski definition) is 1. The van der Waals surface area contributed by atoms with Crippen molar-refractivity contribution in [1.29, 1.82) is 0 Å². The lowest BCUT2D eigenvalue weighted by molar-refractivity contribution is -0.124. The Morgan fingerprint density at radius 2 is 1.73 bits per heavy atom. The van der Waals surface area contributed by atoms with Crippen LogP contribution in [0.1, 0.15) is 32.4 Å². The van der Waals surface area contributed by atoms with Crippen LogP contribution in [-0.2, 0) is 4.79 Å². The highest BCUT2D eigenvalue weighted by Gasteiger charge is 2.11. The second-order valence-electron chi connectivity index (χ2n) is 3.94. The van der Waals surface area contributed by atoms with Crippen LogP contribution >= 0.6 is 15.9 Å². The summed E-state index contributed by atoms with van der Waals surface area (Å²) in [5, 5.41) is 2.96. The fourth-order valence-electron chi connectivity index (χ4n) is 1.21. The van der Waals surface area contributed by atoms with Crippen LogP contribution in [0.5, 0.6) is 0 Å². The number of benzene rings is 1. The zero-order valence-electron chi connectivity index (χ0n) is 9.25. The van der Waals surface area contributed by atoms with Gasteiger partial charge >= 0.3 is 0 Å².